The average Bonchev–Trinajstić information content (AvgIpc) is 3.28. The Morgan fingerprint density at radius 1 is 1.12 bits per heavy atom. The fourth-order valence-corrected chi connectivity index (χ4v) is 1.98. The molecular weight excluding hydrogens is 384 g/mol. The molecule has 134 valence electrons. The minimum absolute atomic E-state index is 0. The smallest absolute Gasteiger partial charge is 0.872 e. The van der Waals surface area contributed by atoms with Crippen LogP contribution in [0.2, 0.25) is 0 Å². The number of hydrogen-bond donors (Lipinski definition) is 0. The summed E-state index contributed by atoms with van der Waals surface area (Å²) in [6.45, 7) is 0. The van der Waals surface area contributed by atoms with Crippen LogP contribution in [0.3, 0.4) is 0 Å². The predicted molar refractivity (Wildman–Crippen MR) is 91.4 cm³/mol. The zero-order valence-corrected chi connectivity index (χ0v) is 14.6. The summed E-state index contributed by atoms with van der Waals surface area (Å²) in [4.78, 5) is 0. The number of halogens is 3. The first-order valence-electron chi connectivity index (χ1n) is 7.41. The number of hydrogen-bond acceptors (Lipinski definition) is 2. The van der Waals surface area contributed by atoms with E-state index in [2.05, 4.69) is 4.65 Å². The molecule has 3 rings (SSSR count). The molecule has 0 aliphatic heterocycles. The van der Waals surface area contributed by atoms with Crippen molar-refractivity contribution in [2.24, 2.45) is 0 Å². The van der Waals surface area contributed by atoms with Crippen LogP contribution in [0.25, 0.3) is 5.76 Å². The van der Waals surface area contributed by atoms with E-state index in [9.17, 15) is 18.1 Å². The molecule has 2 aromatic rings. The van der Waals surface area contributed by atoms with Gasteiger partial charge in [-0.15, -0.1) is 0 Å². The van der Waals surface area contributed by atoms with Crippen LogP contribution >= 0.6 is 0 Å². The summed E-state index contributed by atoms with van der Waals surface area (Å²) < 4.78 is 41.6. The predicted octanol–water partition coefficient (Wildman–Crippen LogP) is 4.29. The molecule has 0 saturated heterocycles. The zero-order valence-electron chi connectivity index (χ0n) is 13.5. The van der Waals surface area contributed by atoms with Crippen molar-refractivity contribution in [2.75, 3.05) is 0 Å². The second-order valence-corrected chi connectivity index (χ2v) is 4.90. The van der Waals surface area contributed by atoms with E-state index < -0.39 is 24.8 Å². The Bertz CT molecular complexity index is 766. The van der Waals surface area contributed by atoms with Crippen LogP contribution in [0.4, 0.5) is 13.0 Å². The molecule has 7 heteroatoms. The quantitative estimate of drug-likeness (QED) is 0.438. The van der Waals surface area contributed by atoms with Gasteiger partial charge in [0.15, 0.2) is 0 Å². The Kier molecular flexibility index (Phi) is 9.27. The SMILES string of the molecule is [Fe+2].[O-]C(=CC=C1C=CC=C1)c1ccc(F)cc1OB(F)F.c1cc[cH-]c1. The van der Waals surface area contributed by atoms with Crippen LogP contribution < -0.4 is 9.76 Å². The second-order valence-electron chi connectivity index (χ2n) is 4.90. The Hall–Kier alpha value is -2.50. The van der Waals surface area contributed by atoms with Crippen LogP contribution in [0.1, 0.15) is 5.56 Å². The first-order valence-corrected chi connectivity index (χ1v) is 7.41. The van der Waals surface area contributed by atoms with Gasteiger partial charge in [-0.3, -0.25) is 0 Å². The Morgan fingerprint density at radius 3 is 2.31 bits per heavy atom. The van der Waals surface area contributed by atoms with Gasteiger partial charge < -0.3 is 9.76 Å². The van der Waals surface area contributed by atoms with Gasteiger partial charge in [0.1, 0.15) is 11.6 Å². The van der Waals surface area contributed by atoms with Crippen molar-refractivity contribution in [1.82, 2.24) is 0 Å². The van der Waals surface area contributed by atoms with E-state index in [1.165, 1.54) is 12.2 Å². The van der Waals surface area contributed by atoms with Gasteiger partial charge in [0, 0.05) is 11.6 Å². The van der Waals surface area contributed by atoms with Gasteiger partial charge in [-0.05, 0) is 17.7 Å². The van der Waals surface area contributed by atoms with Crippen molar-refractivity contribution < 1.29 is 39.9 Å². The molecule has 0 radical (unpaired) electrons. The minimum Gasteiger partial charge on any atom is -0.872 e. The molecule has 0 saturated carbocycles. The zero-order chi connectivity index (χ0) is 18.1. The van der Waals surface area contributed by atoms with E-state index in [1.807, 2.05) is 30.3 Å². The van der Waals surface area contributed by atoms with Crippen LogP contribution in [0.5, 0.6) is 5.75 Å². The third-order valence-electron chi connectivity index (χ3n) is 3.10. The van der Waals surface area contributed by atoms with Crippen molar-refractivity contribution >= 4 is 13.2 Å². The Labute approximate surface area is 161 Å². The molecule has 0 N–H and O–H groups in total. The molecule has 0 amide bonds. The van der Waals surface area contributed by atoms with Crippen molar-refractivity contribution in [3.63, 3.8) is 0 Å². The van der Waals surface area contributed by atoms with E-state index in [0.29, 0.717) is 0 Å². The minimum atomic E-state index is -3.12. The fourth-order valence-electron chi connectivity index (χ4n) is 1.98. The van der Waals surface area contributed by atoms with E-state index in [-0.39, 0.29) is 22.6 Å². The third-order valence-corrected chi connectivity index (χ3v) is 3.10. The number of rotatable bonds is 4. The van der Waals surface area contributed by atoms with E-state index in [1.54, 1.807) is 24.3 Å². The molecule has 0 aromatic heterocycles. The topological polar surface area (TPSA) is 32.3 Å². The molecule has 0 unspecified atom stereocenters. The number of benzene rings is 1. The molecule has 2 aromatic carbocycles. The molecule has 1 aliphatic rings. The van der Waals surface area contributed by atoms with E-state index in [4.69, 9.17) is 0 Å². The maximum Gasteiger partial charge on any atom is 2.00 e. The van der Waals surface area contributed by atoms with Crippen molar-refractivity contribution in [3.05, 3.63) is 102 Å². The van der Waals surface area contributed by atoms with Crippen LogP contribution in [0, 0.1) is 5.82 Å². The maximum absolute atomic E-state index is 13.0. The van der Waals surface area contributed by atoms with Gasteiger partial charge in [0.05, 0.1) is 0 Å². The van der Waals surface area contributed by atoms with Gasteiger partial charge in [-0.2, -0.15) is 18.2 Å². The Morgan fingerprint density at radius 2 is 1.77 bits per heavy atom. The molecule has 0 fully saturated rings. The fraction of sp³-hybridized carbons (Fsp3) is 0. The summed E-state index contributed by atoms with van der Waals surface area (Å²) in [6.07, 6.45) is 9.93. The molecule has 0 heterocycles. The summed E-state index contributed by atoms with van der Waals surface area (Å²) >= 11 is 0. The van der Waals surface area contributed by atoms with Gasteiger partial charge in [-0.1, -0.05) is 42.2 Å². The maximum atomic E-state index is 13.0. The average molecular weight is 398 g/mol. The largest absolute Gasteiger partial charge is 2.00 e. The first-order chi connectivity index (χ1) is 12.1. The van der Waals surface area contributed by atoms with Crippen LogP contribution in [-0.4, -0.2) is 7.47 Å². The number of allylic oxidation sites excluding steroid dienone is 7. The van der Waals surface area contributed by atoms with Crippen molar-refractivity contribution in [3.8, 4) is 5.75 Å². The van der Waals surface area contributed by atoms with E-state index in [0.717, 1.165) is 23.8 Å². The van der Waals surface area contributed by atoms with Gasteiger partial charge in [0.25, 0.3) is 0 Å². The molecular formula is C19H14BF3FeO2. The van der Waals surface area contributed by atoms with E-state index >= 15 is 0 Å². The molecule has 0 bridgehead atoms. The van der Waals surface area contributed by atoms with Gasteiger partial charge in [0.2, 0.25) is 0 Å². The van der Waals surface area contributed by atoms with Crippen LogP contribution in [-0.2, 0) is 17.1 Å². The molecule has 0 spiro atoms. The molecule has 26 heavy (non-hydrogen) atoms. The summed E-state index contributed by atoms with van der Waals surface area (Å²) in [6, 6.07) is 12.9. The van der Waals surface area contributed by atoms with Crippen LogP contribution in [0.15, 0.2) is 90.6 Å². The van der Waals surface area contributed by atoms with Gasteiger partial charge in [-0.25, -0.2) is 25.2 Å². The summed E-state index contributed by atoms with van der Waals surface area (Å²) in [5, 5.41) is 11.9. The van der Waals surface area contributed by atoms with Gasteiger partial charge >= 0.3 is 24.5 Å². The summed E-state index contributed by atoms with van der Waals surface area (Å²) in [7, 11) is -3.12. The second kappa shape index (κ2) is 11.2. The Balaban J connectivity index is 0.000000486. The monoisotopic (exact) mass is 398 g/mol. The molecule has 0 atom stereocenters. The van der Waals surface area contributed by atoms with Crippen molar-refractivity contribution in [1.29, 1.82) is 0 Å². The third kappa shape index (κ3) is 7.17. The standard InChI is InChI=1S/C14H10BF3O2.C5H5.Fe/c16-11-6-7-12(14(9-11)20-15(17)18)13(19)8-5-10-3-1-2-4-10;1-2-4-5-3-1;/h1-9,19H;1-5H;/q;-1;+2/p-1. The molecule has 2 nitrogen and oxygen atoms in total. The normalized spacial score (nSPS) is 12.1. The van der Waals surface area contributed by atoms with Crippen molar-refractivity contribution in [2.45, 2.75) is 0 Å². The first kappa shape index (κ1) is 21.5. The molecule has 1 aliphatic carbocycles. The summed E-state index contributed by atoms with van der Waals surface area (Å²) in [5.74, 6) is -1.77. The summed E-state index contributed by atoms with van der Waals surface area (Å²) in [5.41, 5.74) is 0.686.